The molecule has 0 aromatic heterocycles. The van der Waals surface area contributed by atoms with Crippen LogP contribution in [0.1, 0.15) is 45.1 Å². The SMILES string of the molecule is COc1cc(CCC(=O)NC2CCN(C(=O)CC(C)C)CC2)cc(OC)c1. The van der Waals surface area contributed by atoms with Crippen LogP contribution in [0.5, 0.6) is 11.5 Å². The lowest BCUT2D eigenvalue weighted by Gasteiger charge is -2.33. The fourth-order valence-corrected chi connectivity index (χ4v) is 3.32. The molecule has 0 spiro atoms. The number of hydrogen-bond acceptors (Lipinski definition) is 4. The lowest BCUT2D eigenvalue weighted by Crippen LogP contribution is -2.46. The van der Waals surface area contributed by atoms with E-state index < -0.39 is 0 Å². The summed E-state index contributed by atoms with van der Waals surface area (Å²) >= 11 is 0. The third-order valence-electron chi connectivity index (χ3n) is 4.85. The average molecular weight is 376 g/mol. The van der Waals surface area contributed by atoms with Crippen LogP contribution in [0.15, 0.2) is 18.2 Å². The van der Waals surface area contributed by atoms with Gasteiger partial charge >= 0.3 is 0 Å². The number of piperidine rings is 1. The number of carbonyl (C=O) groups is 2. The number of benzene rings is 1. The maximum Gasteiger partial charge on any atom is 0.222 e. The van der Waals surface area contributed by atoms with E-state index in [1.54, 1.807) is 14.2 Å². The van der Waals surface area contributed by atoms with Crippen molar-refractivity contribution in [3.8, 4) is 11.5 Å². The standard InChI is InChI=1S/C21H32N2O4/c1-15(2)11-21(25)23-9-7-17(8-10-23)22-20(24)6-5-16-12-18(26-3)14-19(13-16)27-4/h12-15,17H,5-11H2,1-4H3,(H,22,24). The molecule has 1 aliphatic rings. The Morgan fingerprint density at radius 3 is 2.22 bits per heavy atom. The van der Waals surface area contributed by atoms with Crippen LogP contribution < -0.4 is 14.8 Å². The Balaban J connectivity index is 1.76. The Kier molecular flexibility index (Phi) is 7.95. The molecule has 0 bridgehead atoms. The number of amides is 2. The number of aryl methyl sites for hydroxylation is 1. The second kappa shape index (κ2) is 10.2. The number of carbonyl (C=O) groups excluding carboxylic acids is 2. The van der Waals surface area contributed by atoms with Crippen LogP contribution in [0, 0.1) is 5.92 Å². The lowest BCUT2D eigenvalue weighted by atomic mass is 10.0. The zero-order valence-electron chi connectivity index (χ0n) is 16.9. The van der Waals surface area contributed by atoms with Gasteiger partial charge in [0.1, 0.15) is 11.5 Å². The zero-order chi connectivity index (χ0) is 19.8. The number of likely N-dealkylation sites (tertiary alicyclic amines) is 1. The summed E-state index contributed by atoms with van der Waals surface area (Å²) in [6.45, 7) is 5.57. The molecule has 1 aromatic rings. The normalized spacial score (nSPS) is 14.9. The number of nitrogens with one attached hydrogen (secondary N) is 1. The van der Waals surface area contributed by atoms with Crippen molar-refractivity contribution in [2.75, 3.05) is 27.3 Å². The molecule has 0 atom stereocenters. The third kappa shape index (κ3) is 6.77. The molecule has 0 aliphatic carbocycles. The van der Waals surface area contributed by atoms with Gasteiger partial charge < -0.3 is 19.7 Å². The zero-order valence-corrected chi connectivity index (χ0v) is 16.9. The van der Waals surface area contributed by atoms with Crippen molar-refractivity contribution in [1.82, 2.24) is 10.2 Å². The van der Waals surface area contributed by atoms with Crippen LogP contribution >= 0.6 is 0 Å². The van der Waals surface area contributed by atoms with Crippen molar-refractivity contribution in [2.45, 2.75) is 52.0 Å². The monoisotopic (exact) mass is 376 g/mol. The van der Waals surface area contributed by atoms with Gasteiger partial charge in [-0.1, -0.05) is 13.8 Å². The molecule has 150 valence electrons. The highest BCUT2D eigenvalue weighted by Crippen LogP contribution is 2.23. The third-order valence-corrected chi connectivity index (χ3v) is 4.85. The van der Waals surface area contributed by atoms with E-state index in [9.17, 15) is 9.59 Å². The van der Waals surface area contributed by atoms with Gasteiger partial charge in [-0.25, -0.2) is 0 Å². The Morgan fingerprint density at radius 2 is 1.70 bits per heavy atom. The molecule has 1 N–H and O–H groups in total. The molecule has 27 heavy (non-hydrogen) atoms. The predicted molar refractivity (Wildman–Crippen MR) is 105 cm³/mol. The first kappa shape index (κ1) is 21.1. The Hall–Kier alpha value is -2.24. The molecule has 2 rings (SSSR count). The van der Waals surface area contributed by atoms with Crippen molar-refractivity contribution in [1.29, 1.82) is 0 Å². The number of rotatable bonds is 8. The summed E-state index contributed by atoms with van der Waals surface area (Å²) < 4.78 is 10.5. The second-order valence-corrected chi connectivity index (χ2v) is 7.54. The largest absolute Gasteiger partial charge is 0.497 e. The van der Waals surface area contributed by atoms with Crippen LogP contribution in [0.4, 0.5) is 0 Å². The van der Waals surface area contributed by atoms with Crippen LogP contribution in [-0.4, -0.2) is 50.1 Å². The smallest absolute Gasteiger partial charge is 0.222 e. The molecule has 0 radical (unpaired) electrons. The van der Waals surface area contributed by atoms with E-state index in [1.165, 1.54) is 0 Å². The minimum atomic E-state index is 0.0451. The molecule has 0 unspecified atom stereocenters. The van der Waals surface area contributed by atoms with Crippen molar-refractivity contribution in [3.63, 3.8) is 0 Å². The van der Waals surface area contributed by atoms with E-state index in [0.29, 0.717) is 25.2 Å². The van der Waals surface area contributed by atoms with Crippen LogP contribution in [0.3, 0.4) is 0 Å². The van der Waals surface area contributed by atoms with Crippen molar-refractivity contribution in [3.05, 3.63) is 23.8 Å². The van der Waals surface area contributed by atoms with E-state index in [-0.39, 0.29) is 17.9 Å². The van der Waals surface area contributed by atoms with Gasteiger partial charge in [-0.2, -0.15) is 0 Å². The molecule has 6 nitrogen and oxygen atoms in total. The molecule has 1 aliphatic heterocycles. The summed E-state index contributed by atoms with van der Waals surface area (Å²) in [4.78, 5) is 26.3. The predicted octanol–water partition coefficient (Wildman–Crippen LogP) is 2.79. The maximum absolute atomic E-state index is 12.3. The first-order chi connectivity index (χ1) is 12.9. The van der Waals surface area contributed by atoms with Gasteiger partial charge in [0, 0.05) is 38.0 Å². The first-order valence-electron chi connectivity index (χ1n) is 9.70. The number of ether oxygens (including phenoxy) is 2. The van der Waals surface area contributed by atoms with E-state index in [1.807, 2.05) is 23.1 Å². The van der Waals surface area contributed by atoms with Crippen LogP contribution in [0.2, 0.25) is 0 Å². The van der Waals surface area contributed by atoms with Gasteiger partial charge in [-0.05, 0) is 42.9 Å². The number of methoxy groups -OCH3 is 2. The van der Waals surface area contributed by atoms with E-state index in [0.717, 1.165) is 43.0 Å². The van der Waals surface area contributed by atoms with Gasteiger partial charge in [0.2, 0.25) is 11.8 Å². The quantitative estimate of drug-likeness (QED) is 0.758. The van der Waals surface area contributed by atoms with Gasteiger partial charge in [-0.3, -0.25) is 9.59 Å². The summed E-state index contributed by atoms with van der Waals surface area (Å²) in [5.74, 6) is 2.10. The minimum absolute atomic E-state index is 0.0451. The van der Waals surface area contributed by atoms with Crippen LogP contribution in [-0.2, 0) is 16.0 Å². The van der Waals surface area contributed by atoms with Crippen molar-refractivity contribution in [2.24, 2.45) is 5.92 Å². The van der Waals surface area contributed by atoms with E-state index >= 15 is 0 Å². The van der Waals surface area contributed by atoms with Gasteiger partial charge in [0.05, 0.1) is 14.2 Å². The molecule has 0 saturated carbocycles. The maximum atomic E-state index is 12.3. The van der Waals surface area contributed by atoms with Gasteiger partial charge in [-0.15, -0.1) is 0 Å². The number of hydrogen-bond donors (Lipinski definition) is 1. The Morgan fingerprint density at radius 1 is 1.11 bits per heavy atom. The van der Waals surface area contributed by atoms with Crippen molar-refractivity contribution < 1.29 is 19.1 Å². The fourth-order valence-electron chi connectivity index (χ4n) is 3.32. The molecular weight excluding hydrogens is 344 g/mol. The molecule has 6 heteroatoms. The molecule has 1 saturated heterocycles. The Labute approximate surface area is 162 Å². The fraction of sp³-hybridized carbons (Fsp3) is 0.619. The van der Waals surface area contributed by atoms with E-state index in [4.69, 9.17) is 9.47 Å². The summed E-state index contributed by atoms with van der Waals surface area (Å²) in [6, 6.07) is 5.82. The topological polar surface area (TPSA) is 67.9 Å². The highest BCUT2D eigenvalue weighted by atomic mass is 16.5. The summed E-state index contributed by atoms with van der Waals surface area (Å²) in [5.41, 5.74) is 1.01. The average Bonchev–Trinajstić information content (AvgIpc) is 2.66. The van der Waals surface area contributed by atoms with Crippen molar-refractivity contribution >= 4 is 11.8 Å². The summed E-state index contributed by atoms with van der Waals surface area (Å²) in [7, 11) is 3.23. The molecule has 2 amide bonds. The van der Waals surface area contributed by atoms with E-state index in [2.05, 4.69) is 19.2 Å². The second-order valence-electron chi connectivity index (χ2n) is 7.54. The number of nitrogens with zero attached hydrogens (tertiary/aromatic N) is 1. The lowest BCUT2D eigenvalue weighted by molar-refractivity contribution is -0.133. The Bertz CT molecular complexity index is 615. The molecule has 1 heterocycles. The molecule has 1 aromatic carbocycles. The highest BCUT2D eigenvalue weighted by molar-refractivity contribution is 5.77. The van der Waals surface area contributed by atoms with Gasteiger partial charge in [0.25, 0.3) is 0 Å². The summed E-state index contributed by atoms with van der Waals surface area (Å²) in [6.07, 6.45) is 3.29. The first-order valence-corrected chi connectivity index (χ1v) is 9.70. The summed E-state index contributed by atoms with van der Waals surface area (Å²) in [5, 5.41) is 3.11. The highest BCUT2D eigenvalue weighted by Gasteiger charge is 2.24. The molecule has 1 fully saturated rings. The minimum Gasteiger partial charge on any atom is -0.497 e. The molecular formula is C21H32N2O4. The van der Waals surface area contributed by atoms with Crippen LogP contribution in [0.25, 0.3) is 0 Å². The van der Waals surface area contributed by atoms with Gasteiger partial charge in [0.15, 0.2) is 0 Å².